The zero-order valence-corrected chi connectivity index (χ0v) is 16.2. The maximum atomic E-state index is 12.8. The van der Waals surface area contributed by atoms with Gasteiger partial charge in [-0.05, 0) is 53.5 Å². The zero-order chi connectivity index (χ0) is 19.0. The summed E-state index contributed by atoms with van der Waals surface area (Å²) in [6.07, 6.45) is 1.66. The number of carbonyl (C=O) groups is 3. The first-order valence-electron chi connectivity index (χ1n) is 8.58. The van der Waals surface area contributed by atoms with Crippen LogP contribution < -0.4 is 0 Å². The predicted octanol–water partition coefficient (Wildman–Crippen LogP) is 1.93. The monoisotopic (exact) mass is 370 g/mol. The molecule has 0 spiro atoms. The fourth-order valence-corrected chi connectivity index (χ4v) is 5.16. The van der Waals surface area contributed by atoms with Gasteiger partial charge in [0.15, 0.2) is 11.2 Å². The van der Waals surface area contributed by atoms with Gasteiger partial charge in [-0.2, -0.15) is 0 Å². The van der Waals surface area contributed by atoms with Crippen LogP contribution in [0.3, 0.4) is 0 Å². The van der Waals surface area contributed by atoms with E-state index < -0.39 is 38.2 Å². The summed E-state index contributed by atoms with van der Waals surface area (Å²) in [6.45, 7) is 9.09. The molecule has 3 atom stereocenters. The highest BCUT2D eigenvalue weighted by Crippen LogP contribution is 2.52. The normalized spacial score (nSPS) is 26.0. The van der Waals surface area contributed by atoms with Crippen LogP contribution in [0.25, 0.3) is 0 Å². The topological polar surface area (TPSA) is 86.7 Å². The zero-order valence-electron chi connectivity index (χ0n) is 15.4. The molecule has 2 aliphatic rings. The molecule has 0 bridgehead atoms. The number of hydrogen-bond donors (Lipinski definition) is 0. The minimum atomic E-state index is -1.44. The molecule has 0 aromatic rings. The van der Waals surface area contributed by atoms with Gasteiger partial charge in [-0.15, -0.1) is 0 Å². The van der Waals surface area contributed by atoms with E-state index in [9.17, 15) is 18.6 Å². The summed E-state index contributed by atoms with van der Waals surface area (Å²) >= 11 is 0. The van der Waals surface area contributed by atoms with Crippen molar-refractivity contribution in [2.75, 3.05) is 13.2 Å². The fraction of sp³-hybridized carbons (Fsp3) is 0.722. The molecule has 0 saturated heterocycles. The number of esters is 2. The second-order valence-corrected chi connectivity index (χ2v) is 9.79. The Labute approximate surface area is 150 Å². The van der Waals surface area contributed by atoms with Gasteiger partial charge < -0.3 is 9.47 Å². The third kappa shape index (κ3) is 3.43. The average Bonchev–Trinajstić information content (AvgIpc) is 3.00. The largest absolute Gasteiger partial charge is 0.465 e. The van der Waals surface area contributed by atoms with Crippen molar-refractivity contribution in [2.24, 2.45) is 11.3 Å². The molecule has 0 aliphatic heterocycles. The van der Waals surface area contributed by atoms with E-state index in [4.69, 9.17) is 9.47 Å². The minimum Gasteiger partial charge on any atom is -0.465 e. The van der Waals surface area contributed by atoms with Crippen molar-refractivity contribution in [3.63, 3.8) is 0 Å². The van der Waals surface area contributed by atoms with Crippen LogP contribution in [0.4, 0.5) is 0 Å². The first kappa shape index (κ1) is 19.8. The highest BCUT2D eigenvalue weighted by atomic mass is 32.2. The summed E-state index contributed by atoms with van der Waals surface area (Å²) in [7, 11) is -1.43. The standard InChI is InChI=1S/C18H26O6S/c1-6-23-15(20)18(16(21)24-7-2)9-11-8-13(19)14(12(11)10-18)25(22)17(3,4)5/h8,12,14H,6-7,9-10H2,1-5H3/t12-,14+,25?/m0/s1. The summed E-state index contributed by atoms with van der Waals surface area (Å²) in [6, 6.07) is 0. The highest BCUT2D eigenvalue weighted by Gasteiger charge is 2.60. The molecular weight excluding hydrogens is 344 g/mol. The Kier molecular flexibility index (Phi) is 5.56. The Morgan fingerprint density at radius 2 is 1.72 bits per heavy atom. The van der Waals surface area contributed by atoms with Crippen molar-refractivity contribution in [3.05, 3.63) is 11.6 Å². The van der Waals surface area contributed by atoms with Crippen LogP contribution >= 0.6 is 0 Å². The number of rotatable bonds is 5. The lowest BCUT2D eigenvalue weighted by Gasteiger charge is -2.28. The van der Waals surface area contributed by atoms with Gasteiger partial charge >= 0.3 is 11.9 Å². The van der Waals surface area contributed by atoms with E-state index in [1.807, 2.05) is 20.8 Å². The molecule has 2 aliphatic carbocycles. The lowest BCUT2D eigenvalue weighted by Crippen LogP contribution is -2.43. The smallest absolute Gasteiger partial charge is 0.323 e. The van der Waals surface area contributed by atoms with E-state index in [1.165, 1.54) is 6.08 Å². The maximum absolute atomic E-state index is 12.8. The molecule has 0 amide bonds. The van der Waals surface area contributed by atoms with Crippen LogP contribution in [0.1, 0.15) is 47.5 Å². The highest BCUT2D eigenvalue weighted by molar-refractivity contribution is 7.87. The summed E-state index contributed by atoms with van der Waals surface area (Å²) in [5.41, 5.74) is -0.738. The van der Waals surface area contributed by atoms with Crippen molar-refractivity contribution < 1.29 is 28.1 Å². The van der Waals surface area contributed by atoms with Crippen LogP contribution in [-0.2, 0) is 34.7 Å². The third-order valence-corrected chi connectivity index (χ3v) is 6.92. The molecule has 1 fully saturated rings. The van der Waals surface area contributed by atoms with E-state index in [-0.39, 0.29) is 37.8 Å². The van der Waals surface area contributed by atoms with E-state index >= 15 is 0 Å². The molecule has 140 valence electrons. The van der Waals surface area contributed by atoms with E-state index in [1.54, 1.807) is 13.8 Å². The molecule has 0 heterocycles. The Morgan fingerprint density at radius 1 is 1.20 bits per heavy atom. The minimum absolute atomic E-state index is 0.0961. The molecule has 0 radical (unpaired) electrons. The van der Waals surface area contributed by atoms with Crippen LogP contribution in [0, 0.1) is 11.3 Å². The molecule has 6 nitrogen and oxygen atoms in total. The average molecular weight is 370 g/mol. The molecule has 1 saturated carbocycles. The van der Waals surface area contributed by atoms with Gasteiger partial charge in [-0.25, -0.2) is 0 Å². The van der Waals surface area contributed by atoms with Gasteiger partial charge in [0.25, 0.3) is 0 Å². The van der Waals surface area contributed by atoms with Crippen LogP contribution in [0.2, 0.25) is 0 Å². The Morgan fingerprint density at radius 3 is 2.16 bits per heavy atom. The summed E-state index contributed by atoms with van der Waals surface area (Å²) in [5, 5.41) is -0.722. The lowest BCUT2D eigenvalue weighted by molar-refractivity contribution is -0.171. The second kappa shape index (κ2) is 7.02. The van der Waals surface area contributed by atoms with Gasteiger partial charge in [0.1, 0.15) is 5.25 Å². The van der Waals surface area contributed by atoms with Gasteiger partial charge in [0.05, 0.1) is 13.2 Å². The van der Waals surface area contributed by atoms with Gasteiger partial charge in [-0.3, -0.25) is 18.6 Å². The van der Waals surface area contributed by atoms with E-state index in [0.717, 1.165) is 0 Å². The first-order chi connectivity index (χ1) is 11.6. The van der Waals surface area contributed by atoms with Crippen molar-refractivity contribution in [2.45, 2.75) is 57.5 Å². The summed E-state index contributed by atoms with van der Waals surface area (Å²) in [5.74, 6) is -1.83. The Hall–Kier alpha value is -1.50. The lowest BCUT2D eigenvalue weighted by atomic mass is 9.84. The van der Waals surface area contributed by atoms with Gasteiger partial charge in [0.2, 0.25) is 0 Å². The second-order valence-electron chi connectivity index (χ2n) is 7.46. The van der Waals surface area contributed by atoms with Crippen molar-refractivity contribution in [3.8, 4) is 0 Å². The van der Waals surface area contributed by atoms with E-state index in [0.29, 0.717) is 5.57 Å². The number of carbonyl (C=O) groups excluding carboxylic acids is 3. The van der Waals surface area contributed by atoms with Crippen molar-refractivity contribution in [1.82, 2.24) is 0 Å². The summed E-state index contributed by atoms with van der Waals surface area (Å²) in [4.78, 5) is 37.5. The number of ether oxygens (including phenoxy) is 2. The number of allylic oxidation sites excluding steroid dienone is 2. The SMILES string of the molecule is CCOC(=O)C1(C(=O)OCC)CC2=CC(=O)[C@H](S(=O)C(C)(C)C)[C@H]2C1. The number of ketones is 1. The van der Waals surface area contributed by atoms with Gasteiger partial charge in [0, 0.05) is 21.5 Å². The first-order valence-corrected chi connectivity index (χ1v) is 9.79. The Bertz CT molecular complexity index is 624. The molecule has 0 aromatic heterocycles. The molecule has 0 N–H and O–H groups in total. The molecule has 2 rings (SSSR count). The fourth-order valence-electron chi connectivity index (χ4n) is 3.55. The summed E-state index contributed by atoms with van der Waals surface area (Å²) < 4.78 is 22.5. The van der Waals surface area contributed by atoms with E-state index in [2.05, 4.69) is 0 Å². The third-order valence-electron chi connectivity index (χ3n) is 4.69. The van der Waals surface area contributed by atoms with Crippen molar-refractivity contribution in [1.29, 1.82) is 0 Å². The molecule has 7 heteroatoms. The molecule has 1 unspecified atom stereocenters. The maximum Gasteiger partial charge on any atom is 0.323 e. The Balaban J connectivity index is 2.39. The van der Waals surface area contributed by atoms with Gasteiger partial charge in [-0.1, -0.05) is 5.57 Å². The number of hydrogen-bond acceptors (Lipinski definition) is 6. The molecule has 25 heavy (non-hydrogen) atoms. The molecular formula is C18H26O6S. The van der Waals surface area contributed by atoms with Crippen LogP contribution in [0.5, 0.6) is 0 Å². The molecule has 0 aromatic carbocycles. The van der Waals surface area contributed by atoms with Crippen molar-refractivity contribution >= 4 is 28.5 Å². The predicted molar refractivity (Wildman–Crippen MR) is 93.2 cm³/mol. The van der Waals surface area contributed by atoms with Crippen LogP contribution in [-0.4, -0.2) is 45.1 Å². The van der Waals surface area contributed by atoms with Crippen LogP contribution in [0.15, 0.2) is 11.6 Å². The quantitative estimate of drug-likeness (QED) is 0.543. The number of fused-ring (bicyclic) bond motifs is 1.